The third-order valence-corrected chi connectivity index (χ3v) is 4.74. The van der Waals surface area contributed by atoms with Gasteiger partial charge in [0.05, 0.1) is 12.8 Å². The van der Waals surface area contributed by atoms with E-state index in [4.69, 9.17) is 25.8 Å². The van der Waals surface area contributed by atoms with Gasteiger partial charge >= 0.3 is 0 Å². The van der Waals surface area contributed by atoms with Gasteiger partial charge in [0.25, 0.3) is 0 Å². The topological polar surface area (TPSA) is 52.9 Å². The number of aliphatic hydroxyl groups excluding tert-OH is 1. The van der Waals surface area contributed by atoms with Crippen molar-refractivity contribution in [2.45, 2.75) is 19.3 Å². The molecule has 0 saturated carbocycles. The molecule has 0 fully saturated rings. The number of rotatable bonds is 7. The quantitative estimate of drug-likeness (QED) is 0.636. The van der Waals surface area contributed by atoms with Gasteiger partial charge < -0.3 is 23.9 Å². The summed E-state index contributed by atoms with van der Waals surface area (Å²) in [6.07, 6.45) is -0.526. The molecule has 5 nitrogen and oxygen atoms in total. The van der Waals surface area contributed by atoms with Crippen molar-refractivity contribution >= 4 is 22.5 Å². The summed E-state index contributed by atoms with van der Waals surface area (Å²) in [7, 11) is 5.11. The Hall–Kier alpha value is -2.21. The highest BCUT2D eigenvalue weighted by Crippen LogP contribution is 2.31. The number of nitrogens with zero attached hydrogens (tertiary/aromatic N) is 1. The second-order valence-corrected chi connectivity index (χ2v) is 6.44. The molecule has 138 valence electrons. The summed E-state index contributed by atoms with van der Waals surface area (Å²) in [5.74, 6) is 1.50. The zero-order chi connectivity index (χ0) is 18.7. The first-order valence-corrected chi connectivity index (χ1v) is 8.64. The lowest BCUT2D eigenvalue weighted by Crippen LogP contribution is -2.14. The number of halogens is 1. The summed E-state index contributed by atoms with van der Waals surface area (Å²) in [6.45, 7) is 0.362. The van der Waals surface area contributed by atoms with Crippen LogP contribution in [0, 0.1) is 0 Å². The fraction of sp³-hybridized carbons (Fsp3) is 0.300. The minimum absolute atomic E-state index is 0.361. The molecule has 1 unspecified atom stereocenters. The average Bonchev–Trinajstić information content (AvgIpc) is 2.92. The van der Waals surface area contributed by atoms with Gasteiger partial charge in [-0.25, -0.2) is 0 Å². The second-order valence-electron chi connectivity index (χ2n) is 6.00. The van der Waals surface area contributed by atoms with E-state index in [-0.39, 0.29) is 0 Å². The van der Waals surface area contributed by atoms with Crippen LogP contribution in [0.2, 0.25) is 5.02 Å². The molecule has 0 aliphatic heterocycles. The minimum Gasteiger partial charge on any atom is -0.497 e. The molecular weight excluding hydrogens is 354 g/mol. The standard InChI is InChI=1S/C20H22ClNO4/c1-22-18-9-8-15(24-2)10-16(18)17(11-20(23)25-3)19(22)12-26-14-6-4-13(21)5-7-14/h4-10,20,23H,11-12H2,1-3H3. The van der Waals surface area contributed by atoms with Gasteiger partial charge in [0.15, 0.2) is 6.29 Å². The van der Waals surface area contributed by atoms with E-state index in [0.29, 0.717) is 18.1 Å². The molecule has 6 heteroatoms. The van der Waals surface area contributed by atoms with Gasteiger partial charge in [-0.05, 0) is 48.0 Å². The van der Waals surface area contributed by atoms with Gasteiger partial charge in [0.1, 0.15) is 18.1 Å². The number of methoxy groups -OCH3 is 2. The number of hydrogen-bond donors (Lipinski definition) is 1. The third kappa shape index (κ3) is 3.80. The molecule has 26 heavy (non-hydrogen) atoms. The molecule has 0 aliphatic carbocycles. The van der Waals surface area contributed by atoms with E-state index in [9.17, 15) is 5.11 Å². The predicted octanol–water partition coefficient (Wildman–Crippen LogP) is 3.93. The molecule has 3 aromatic rings. The van der Waals surface area contributed by atoms with E-state index in [2.05, 4.69) is 4.57 Å². The lowest BCUT2D eigenvalue weighted by Gasteiger charge is -2.13. The van der Waals surface area contributed by atoms with Crippen molar-refractivity contribution in [3.8, 4) is 11.5 Å². The second kappa shape index (κ2) is 7.99. The van der Waals surface area contributed by atoms with Crippen molar-refractivity contribution < 1.29 is 19.3 Å². The smallest absolute Gasteiger partial charge is 0.158 e. The van der Waals surface area contributed by atoms with Crippen LogP contribution < -0.4 is 9.47 Å². The van der Waals surface area contributed by atoms with Crippen LogP contribution in [-0.2, 0) is 24.8 Å². The number of ether oxygens (including phenoxy) is 3. The van der Waals surface area contributed by atoms with Gasteiger partial charge in [-0.15, -0.1) is 0 Å². The van der Waals surface area contributed by atoms with Crippen molar-refractivity contribution in [1.29, 1.82) is 0 Å². The molecule has 0 spiro atoms. The molecule has 0 amide bonds. The Morgan fingerprint density at radius 2 is 1.77 bits per heavy atom. The van der Waals surface area contributed by atoms with Crippen molar-refractivity contribution in [2.75, 3.05) is 14.2 Å². The van der Waals surface area contributed by atoms with Crippen LogP contribution in [0.15, 0.2) is 42.5 Å². The van der Waals surface area contributed by atoms with Gasteiger partial charge in [-0.1, -0.05) is 11.6 Å². The molecular formula is C20H22ClNO4. The Morgan fingerprint density at radius 3 is 2.42 bits per heavy atom. The first-order valence-electron chi connectivity index (χ1n) is 8.27. The lowest BCUT2D eigenvalue weighted by atomic mass is 10.1. The monoisotopic (exact) mass is 375 g/mol. The number of aromatic nitrogens is 1. The van der Waals surface area contributed by atoms with Gasteiger partial charge in [-0.2, -0.15) is 0 Å². The van der Waals surface area contributed by atoms with Gasteiger partial charge in [-0.3, -0.25) is 0 Å². The average molecular weight is 376 g/mol. The first kappa shape index (κ1) is 18.6. The fourth-order valence-electron chi connectivity index (χ4n) is 3.03. The summed E-state index contributed by atoms with van der Waals surface area (Å²) < 4.78 is 18.4. The zero-order valence-corrected chi connectivity index (χ0v) is 15.8. The largest absolute Gasteiger partial charge is 0.497 e. The molecule has 2 aromatic carbocycles. The summed E-state index contributed by atoms with van der Waals surface area (Å²) >= 11 is 5.92. The molecule has 0 aliphatic rings. The van der Waals surface area contributed by atoms with Crippen molar-refractivity contribution in [2.24, 2.45) is 7.05 Å². The Bertz CT molecular complexity index is 889. The van der Waals surface area contributed by atoms with E-state index < -0.39 is 6.29 Å². The maximum atomic E-state index is 10.0. The van der Waals surface area contributed by atoms with Crippen LogP contribution in [0.5, 0.6) is 11.5 Å². The fourth-order valence-corrected chi connectivity index (χ4v) is 3.16. The van der Waals surface area contributed by atoms with Crippen LogP contribution in [0.1, 0.15) is 11.3 Å². The summed E-state index contributed by atoms with van der Waals surface area (Å²) in [5, 5.41) is 11.7. The number of benzene rings is 2. The maximum absolute atomic E-state index is 10.0. The molecule has 1 aromatic heterocycles. The molecule has 0 saturated heterocycles. The van der Waals surface area contributed by atoms with E-state index in [1.165, 1.54) is 7.11 Å². The minimum atomic E-state index is -0.888. The summed E-state index contributed by atoms with van der Waals surface area (Å²) in [6, 6.07) is 13.1. The van der Waals surface area contributed by atoms with Crippen molar-refractivity contribution in [3.05, 3.63) is 58.7 Å². The van der Waals surface area contributed by atoms with Crippen molar-refractivity contribution in [1.82, 2.24) is 4.57 Å². The van der Waals surface area contributed by atoms with Crippen LogP contribution >= 0.6 is 11.6 Å². The lowest BCUT2D eigenvalue weighted by molar-refractivity contribution is -0.0720. The Balaban J connectivity index is 1.99. The van der Waals surface area contributed by atoms with Crippen LogP contribution in [0.25, 0.3) is 10.9 Å². The molecule has 1 heterocycles. The first-order chi connectivity index (χ1) is 12.5. The maximum Gasteiger partial charge on any atom is 0.158 e. The Kier molecular flexibility index (Phi) is 5.71. The highest BCUT2D eigenvalue weighted by molar-refractivity contribution is 6.30. The SMILES string of the molecule is COc1ccc2c(c1)c(CC(O)OC)c(COc1ccc(Cl)cc1)n2C. The van der Waals surface area contributed by atoms with E-state index in [0.717, 1.165) is 33.7 Å². The Labute approximate surface area is 157 Å². The van der Waals surface area contributed by atoms with E-state index in [1.807, 2.05) is 37.4 Å². The normalized spacial score (nSPS) is 12.3. The summed E-state index contributed by atoms with van der Waals surface area (Å²) in [4.78, 5) is 0. The van der Waals surface area contributed by atoms with E-state index >= 15 is 0 Å². The third-order valence-electron chi connectivity index (χ3n) is 4.48. The molecule has 3 rings (SSSR count). The zero-order valence-electron chi connectivity index (χ0n) is 15.0. The highest BCUT2D eigenvalue weighted by atomic mass is 35.5. The van der Waals surface area contributed by atoms with Crippen molar-refractivity contribution in [3.63, 3.8) is 0 Å². The van der Waals surface area contributed by atoms with E-state index in [1.54, 1.807) is 19.2 Å². The number of hydrogen-bond acceptors (Lipinski definition) is 4. The van der Waals surface area contributed by atoms with Crippen LogP contribution in [0.4, 0.5) is 0 Å². The molecule has 1 N–H and O–H groups in total. The predicted molar refractivity (Wildman–Crippen MR) is 102 cm³/mol. The van der Waals surface area contributed by atoms with Gasteiger partial charge in [0, 0.05) is 36.5 Å². The van der Waals surface area contributed by atoms with Gasteiger partial charge in [0.2, 0.25) is 0 Å². The van der Waals surface area contributed by atoms with Crippen LogP contribution in [0.3, 0.4) is 0 Å². The molecule has 0 bridgehead atoms. The molecule has 1 atom stereocenters. The molecule has 0 radical (unpaired) electrons. The summed E-state index contributed by atoms with van der Waals surface area (Å²) in [5.41, 5.74) is 2.99. The Morgan fingerprint density at radius 1 is 1.08 bits per heavy atom. The number of aliphatic hydroxyl groups is 1. The number of fused-ring (bicyclic) bond motifs is 1. The highest BCUT2D eigenvalue weighted by Gasteiger charge is 2.19. The number of aryl methyl sites for hydroxylation is 1. The van der Waals surface area contributed by atoms with Crippen LogP contribution in [-0.4, -0.2) is 30.2 Å².